The van der Waals surface area contributed by atoms with E-state index in [-0.39, 0.29) is 16.5 Å². The molecule has 2 nitrogen and oxygen atoms in total. The van der Waals surface area contributed by atoms with Crippen LogP contribution >= 0.6 is 0 Å². The maximum atomic E-state index is 12.1. The quantitative estimate of drug-likeness (QED) is 0.0274. The Labute approximate surface area is 454 Å². The normalized spacial score (nSPS) is 12.4. The third-order valence-electron chi connectivity index (χ3n) is 14.3. The van der Waals surface area contributed by atoms with Gasteiger partial charge < -0.3 is 19.4 Å². The molecule has 1 aliphatic rings. The average molecular weight is 1020 g/mol. The molecule has 1 aliphatic heterocycles. The molecule has 2 aromatic carbocycles. The van der Waals surface area contributed by atoms with E-state index < -0.39 is 0 Å². The van der Waals surface area contributed by atoms with E-state index >= 15 is 0 Å². The first kappa shape index (κ1) is 68.8. The number of rotatable bonds is 43. The zero-order chi connectivity index (χ0) is 51.0. The summed E-state index contributed by atoms with van der Waals surface area (Å²) in [6, 6.07) is 18.0. The Hall–Kier alpha value is -2.25. The monoisotopic (exact) mass is 1020 g/mol. The molecule has 0 bridgehead atoms. The molecule has 0 radical (unpaired) electrons. The third-order valence-corrected chi connectivity index (χ3v) is 14.3. The first-order valence-electron chi connectivity index (χ1n) is 30.9. The predicted octanol–water partition coefficient (Wildman–Crippen LogP) is 23.9. The smallest absolute Gasteiger partial charge is 0.493 e. The van der Waals surface area contributed by atoms with Crippen molar-refractivity contribution in [1.29, 1.82) is 0 Å². The Bertz CT molecular complexity index is 1560. The van der Waals surface area contributed by atoms with Gasteiger partial charge in [0.15, 0.2) is 0 Å². The molecule has 1 heterocycles. The Balaban J connectivity index is 0.00000148. The fourth-order valence-electron chi connectivity index (χ4n) is 9.82. The number of allylic oxidation sites excluding steroid dienone is 4. The number of hydrogen-bond donors (Lipinski definition) is 0. The predicted molar refractivity (Wildman–Crippen MR) is 316 cm³/mol. The molecule has 3 heteroatoms. The van der Waals surface area contributed by atoms with Crippen molar-refractivity contribution in [1.82, 2.24) is 0 Å². The molecule has 0 amide bonds. The van der Waals surface area contributed by atoms with Crippen molar-refractivity contribution in [3.63, 3.8) is 0 Å². The van der Waals surface area contributed by atoms with Gasteiger partial charge in [-0.2, -0.15) is 12.8 Å². The largest absolute Gasteiger partial charge is 2.00 e. The summed E-state index contributed by atoms with van der Waals surface area (Å²) in [6.07, 6.45) is 59.8. The minimum atomic E-state index is 0. The fourth-order valence-corrected chi connectivity index (χ4v) is 9.82. The summed E-state index contributed by atoms with van der Waals surface area (Å²) >= 11 is 0. The van der Waals surface area contributed by atoms with Gasteiger partial charge in [0.1, 0.15) is 0 Å². The number of aryl methyl sites for hydroxylation is 2. The zero-order valence-electron chi connectivity index (χ0n) is 48.1. The van der Waals surface area contributed by atoms with Crippen molar-refractivity contribution in [3.8, 4) is 0 Å². The summed E-state index contributed by atoms with van der Waals surface area (Å²) in [6.45, 7) is 21.3. The van der Waals surface area contributed by atoms with Crippen LogP contribution in [0.25, 0.3) is 16.9 Å². The molecule has 0 spiro atoms. The first-order chi connectivity index (χ1) is 34.5. The number of unbranched alkanes of at least 4 members (excludes halogenated alkanes) is 33. The molecule has 2 aromatic rings. The Morgan fingerprint density at radius 3 is 1.10 bits per heavy atom. The van der Waals surface area contributed by atoms with E-state index in [0.717, 1.165) is 67.5 Å². The molecule has 0 aliphatic carbocycles. The van der Waals surface area contributed by atoms with Crippen molar-refractivity contribution >= 4 is 11.4 Å². The summed E-state index contributed by atoms with van der Waals surface area (Å²) in [5.74, 6) is 0. The number of benzene rings is 2. The molecule has 408 valence electrons. The maximum absolute atomic E-state index is 12.1. The number of nitrogens with zero attached hydrogens (tertiary/aromatic N) is 2. The van der Waals surface area contributed by atoms with E-state index in [1.165, 1.54) is 247 Å². The molecule has 0 aromatic heterocycles. The maximum Gasteiger partial charge on any atom is 2.00 e. The molecule has 3 rings (SSSR count). The van der Waals surface area contributed by atoms with Gasteiger partial charge in [-0.1, -0.05) is 290 Å². The average Bonchev–Trinajstić information content (AvgIpc) is 3.66. The molecule has 0 saturated heterocycles. The van der Waals surface area contributed by atoms with Crippen molar-refractivity contribution in [3.05, 3.63) is 113 Å². The van der Waals surface area contributed by atoms with Crippen LogP contribution in [0.3, 0.4) is 0 Å². The van der Waals surface area contributed by atoms with Crippen LogP contribution in [0.2, 0.25) is 0 Å². The minimum absolute atomic E-state index is 0. The van der Waals surface area contributed by atoms with E-state index in [0.29, 0.717) is 0 Å². The van der Waals surface area contributed by atoms with Crippen LogP contribution in [0, 0.1) is 13.8 Å². The topological polar surface area (TPSA) is 25.3 Å². The Morgan fingerprint density at radius 2 is 0.718 bits per heavy atom. The van der Waals surface area contributed by atoms with Gasteiger partial charge in [0.25, 0.3) is 0 Å². The van der Waals surface area contributed by atoms with Gasteiger partial charge in [-0.15, -0.1) is 0 Å². The van der Waals surface area contributed by atoms with Crippen LogP contribution < -0.4 is 0 Å². The molecule has 0 fully saturated rings. The van der Waals surface area contributed by atoms with Gasteiger partial charge >= 0.3 is 16.5 Å². The molecular formula is C68H116N2Ni. The zero-order valence-corrected chi connectivity index (χ0v) is 49.1. The Kier molecular flexibility index (Phi) is 49.6. The van der Waals surface area contributed by atoms with Crippen molar-refractivity contribution < 1.29 is 21.2 Å². The van der Waals surface area contributed by atoms with Crippen molar-refractivity contribution in [2.75, 3.05) is 0 Å². The van der Waals surface area contributed by atoms with Crippen LogP contribution in [0.5, 0.6) is 0 Å². The summed E-state index contributed by atoms with van der Waals surface area (Å²) in [4.78, 5) is 0. The second kappa shape index (κ2) is 51.2. The minimum Gasteiger partial charge on any atom is -0.493 e. The molecule has 0 saturated carbocycles. The van der Waals surface area contributed by atoms with Gasteiger partial charge in [0, 0.05) is 16.7 Å². The third kappa shape index (κ3) is 34.8. The van der Waals surface area contributed by atoms with Crippen LogP contribution in [0.4, 0.5) is 0 Å². The standard InChI is InChI=1S/C42H62N2.2C13H27.Ni/c1-5-9-13-17-18-22-32-40-39(31-21-16-12-8-4)41(37-29-23-27-35(33-37)25-19-14-10-6-2)44(43)42(40)38-30-24-28-36(34-38)26-20-15-11-7-3;2*1-3-5-7-9-11-13-12-10-8-6-4-2;/h21,23-24,27-31,33-34H,5-20,22,25-26,32H2,1-4H3;2*1,3-13H2,2H3;/q;2*-1;+2. The van der Waals surface area contributed by atoms with E-state index in [2.05, 4.69) is 116 Å². The fraction of sp³-hybridized carbons (Fsp3) is 0.706. The summed E-state index contributed by atoms with van der Waals surface area (Å²) in [5.41, 5.74) is 21.6. The van der Waals surface area contributed by atoms with Gasteiger partial charge in [0.05, 0.1) is 5.57 Å². The van der Waals surface area contributed by atoms with E-state index in [9.17, 15) is 5.53 Å². The molecular weight excluding hydrogens is 903 g/mol. The molecule has 0 unspecified atom stereocenters. The van der Waals surface area contributed by atoms with Gasteiger partial charge in [-0.3, -0.25) is 0 Å². The van der Waals surface area contributed by atoms with E-state index in [4.69, 9.17) is 0 Å². The summed E-state index contributed by atoms with van der Waals surface area (Å²) in [7, 11) is 0. The van der Waals surface area contributed by atoms with E-state index in [1.54, 1.807) is 4.70 Å². The van der Waals surface area contributed by atoms with E-state index in [1.807, 2.05) is 0 Å². The second-order valence-corrected chi connectivity index (χ2v) is 21.1. The molecule has 0 atom stereocenters. The summed E-state index contributed by atoms with van der Waals surface area (Å²) in [5, 5.41) is 0. The first-order valence-corrected chi connectivity index (χ1v) is 30.9. The second-order valence-electron chi connectivity index (χ2n) is 21.1. The van der Waals surface area contributed by atoms with Crippen LogP contribution in [0.1, 0.15) is 321 Å². The van der Waals surface area contributed by atoms with Crippen molar-refractivity contribution in [2.45, 2.75) is 311 Å². The van der Waals surface area contributed by atoms with Crippen LogP contribution in [-0.4, -0.2) is 4.70 Å². The molecule has 71 heavy (non-hydrogen) atoms. The summed E-state index contributed by atoms with van der Waals surface area (Å²) < 4.78 is 1.55. The SMILES string of the molecule is CCCCC=CC1=C(c2cccc(CCCCCC)c2)[N+](=[N-])C(c2cccc(CCCCCC)c2)=C1CCCCCCCC.[CH2-]CCCCCCCCCCCC.[CH2-]CCCCCCCCCCCC.[Ni+2]. The van der Waals surface area contributed by atoms with Crippen LogP contribution in [0.15, 0.2) is 71.8 Å². The van der Waals surface area contributed by atoms with Gasteiger partial charge in [-0.05, 0) is 80.3 Å². The Morgan fingerprint density at radius 1 is 0.394 bits per heavy atom. The van der Waals surface area contributed by atoms with Crippen molar-refractivity contribution in [2.24, 2.45) is 0 Å². The van der Waals surface area contributed by atoms with Crippen LogP contribution in [-0.2, 0) is 29.3 Å². The number of hydrogen-bond acceptors (Lipinski definition) is 0. The van der Waals surface area contributed by atoms with Gasteiger partial charge in [-0.25, -0.2) is 4.70 Å². The molecule has 0 N–H and O–H groups in total. The van der Waals surface area contributed by atoms with Gasteiger partial charge in [0.2, 0.25) is 11.4 Å².